The number of amides is 1. The summed E-state index contributed by atoms with van der Waals surface area (Å²) in [5.74, 6) is 0.442. The summed E-state index contributed by atoms with van der Waals surface area (Å²) in [6, 6.07) is 7.24. The number of carbonyl (C=O) groups excluding carboxylic acids is 1. The normalized spacial score (nSPS) is 10.8. The van der Waals surface area contributed by atoms with Gasteiger partial charge < -0.3 is 5.32 Å². The predicted molar refractivity (Wildman–Crippen MR) is 87.7 cm³/mol. The number of para-hydroxylation sites is 1. The van der Waals surface area contributed by atoms with Gasteiger partial charge in [0.25, 0.3) is 5.91 Å². The molecule has 3 rings (SSSR count). The topological polar surface area (TPSA) is 90.5 Å². The summed E-state index contributed by atoms with van der Waals surface area (Å²) in [4.78, 5) is 12.7. The highest BCUT2D eigenvalue weighted by Gasteiger charge is 2.16. The number of rotatable bonds is 4. The molecule has 0 unspecified atom stereocenters. The zero-order valence-electron chi connectivity index (χ0n) is 14.1. The number of nitrogens with one attached hydrogen (secondary N) is 1. The fourth-order valence-electron chi connectivity index (χ4n) is 2.64. The second-order valence-corrected chi connectivity index (χ2v) is 5.61. The van der Waals surface area contributed by atoms with E-state index in [0.717, 1.165) is 17.0 Å². The van der Waals surface area contributed by atoms with Crippen LogP contribution in [0.5, 0.6) is 0 Å². The maximum Gasteiger partial charge on any atom is 0.253 e. The SMILES string of the molecule is Cc1nn(C)c(C)c1CNC(=O)c1ccccc1-n1nnnc1C. The van der Waals surface area contributed by atoms with E-state index in [9.17, 15) is 4.79 Å². The molecule has 0 bridgehead atoms. The summed E-state index contributed by atoms with van der Waals surface area (Å²) in [5.41, 5.74) is 4.16. The van der Waals surface area contributed by atoms with Crippen LogP contribution in [0.4, 0.5) is 0 Å². The minimum absolute atomic E-state index is 0.178. The molecule has 0 saturated carbocycles. The van der Waals surface area contributed by atoms with E-state index in [1.807, 2.05) is 43.8 Å². The molecule has 0 aliphatic rings. The molecule has 0 fully saturated rings. The molecule has 0 spiro atoms. The van der Waals surface area contributed by atoms with Crippen molar-refractivity contribution in [3.63, 3.8) is 0 Å². The Balaban J connectivity index is 1.85. The monoisotopic (exact) mass is 325 g/mol. The summed E-state index contributed by atoms with van der Waals surface area (Å²) in [6.07, 6.45) is 0. The summed E-state index contributed by atoms with van der Waals surface area (Å²) < 4.78 is 3.37. The van der Waals surface area contributed by atoms with E-state index in [4.69, 9.17) is 0 Å². The fraction of sp³-hybridized carbons (Fsp3) is 0.312. The minimum atomic E-state index is -0.178. The van der Waals surface area contributed by atoms with Crippen molar-refractivity contribution >= 4 is 5.91 Å². The number of tetrazole rings is 1. The van der Waals surface area contributed by atoms with Gasteiger partial charge in [-0.1, -0.05) is 12.1 Å². The van der Waals surface area contributed by atoms with E-state index in [2.05, 4.69) is 25.9 Å². The van der Waals surface area contributed by atoms with Crippen LogP contribution in [0.1, 0.15) is 33.1 Å². The maximum absolute atomic E-state index is 12.7. The quantitative estimate of drug-likeness (QED) is 0.779. The van der Waals surface area contributed by atoms with Crippen LogP contribution in [-0.4, -0.2) is 35.9 Å². The Kier molecular flexibility index (Phi) is 4.11. The Hall–Kier alpha value is -3.03. The van der Waals surface area contributed by atoms with E-state index in [1.165, 1.54) is 0 Å². The highest BCUT2D eigenvalue weighted by Crippen LogP contribution is 2.16. The van der Waals surface area contributed by atoms with Crippen LogP contribution in [0.25, 0.3) is 5.69 Å². The first-order valence-electron chi connectivity index (χ1n) is 7.60. The molecule has 0 aliphatic carbocycles. The highest BCUT2D eigenvalue weighted by atomic mass is 16.1. The molecule has 24 heavy (non-hydrogen) atoms. The van der Waals surface area contributed by atoms with Gasteiger partial charge >= 0.3 is 0 Å². The predicted octanol–water partition coefficient (Wildman–Crippen LogP) is 1.25. The number of carbonyl (C=O) groups is 1. The van der Waals surface area contributed by atoms with E-state index in [0.29, 0.717) is 23.6 Å². The standard InChI is InChI=1S/C16H19N7O/c1-10-14(11(2)22(4)19-10)9-17-16(24)13-7-5-6-8-15(13)23-12(3)18-20-21-23/h5-8H,9H2,1-4H3,(H,17,24). The van der Waals surface area contributed by atoms with Crippen LogP contribution in [0, 0.1) is 20.8 Å². The van der Waals surface area contributed by atoms with Crippen LogP contribution in [0.15, 0.2) is 24.3 Å². The molecule has 2 aromatic heterocycles. The van der Waals surface area contributed by atoms with E-state index in [1.54, 1.807) is 17.7 Å². The van der Waals surface area contributed by atoms with Crippen molar-refractivity contribution < 1.29 is 4.79 Å². The van der Waals surface area contributed by atoms with Gasteiger partial charge in [-0.25, -0.2) is 0 Å². The number of aryl methyl sites for hydroxylation is 3. The summed E-state index contributed by atoms with van der Waals surface area (Å²) >= 11 is 0. The lowest BCUT2D eigenvalue weighted by molar-refractivity contribution is 0.0950. The molecule has 3 aromatic rings. The number of benzene rings is 1. The first-order valence-corrected chi connectivity index (χ1v) is 7.60. The van der Waals surface area contributed by atoms with E-state index in [-0.39, 0.29) is 5.91 Å². The van der Waals surface area contributed by atoms with Crippen molar-refractivity contribution in [2.45, 2.75) is 27.3 Å². The molecule has 1 aromatic carbocycles. The molecule has 0 aliphatic heterocycles. The van der Waals surface area contributed by atoms with Gasteiger partial charge in [0.15, 0.2) is 5.82 Å². The van der Waals surface area contributed by atoms with Gasteiger partial charge in [0, 0.05) is 24.8 Å². The Morgan fingerprint density at radius 1 is 1.21 bits per heavy atom. The smallest absolute Gasteiger partial charge is 0.253 e. The van der Waals surface area contributed by atoms with Crippen LogP contribution < -0.4 is 5.32 Å². The number of nitrogens with zero attached hydrogens (tertiary/aromatic N) is 6. The zero-order chi connectivity index (χ0) is 17.3. The van der Waals surface area contributed by atoms with E-state index >= 15 is 0 Å². The zero-order valence-corrected chi connectivity index (χ0v) is 14.1. The molecule has 0 radical (unpaired) electrons. The number of aromatic nitrogens is 6. The molecular weight excluding hydrogens is 306 g/mol. The lowest BCUT2D eigenvalue weighted by Crippen LogP contribution is -2.25. The average molecular weight is 325 g/mol. The molecule has 8 heteroatoms. The molecule has 1 N–H and O–H groups in total. The fourth-order valence-corrected chi connectivity index (χ4v) is 2.64. The van der Waals surface area contributed by atoms with Crippen LogP contribution >= 0.6 is 0 Å². The highest BCUT2D eigenvalue weighted by molar-refractivity contribution is 5.97. The molecule has 1 amide bonds. The molecule has 8 nitrogen and oxygen atoms in total. The van der Waals surface area contributed by atoms with Crippen LogP contribution in [0.2, 0.25) is 0 Å². The third-order valence-corrected chi connectivity index (χ3v) is 4.09. The Labute approximate surface area is 139 Å². The van der Waals surface area contributed by atoms with Crippen molar-refractivity contribution in [2.75, 3.05) is 0 Å². The van der Waals surface area contributed by atoms with Crippen molar-refractivity contribution in [1.29, 1.82) is 0 Å². The molecule has 0 atom stereocenters. The van der Waals surface area contributed by atoms with Crippen LogP contribution in [0.3, 0.4) is 0 Å². The molecule has 124 valence electrons. The second kappa shape index (κ2) is 6.23. The molecule has 2 heterocycles. The third kappa shape index (κ3) is 2.78. The van der Waals surface area contributed by atoms with Gasteiger partial charge in [-0.2, -0.15) is 9.78 Å². The second-order valence-electron chi connectivity index (χ2n) is 5.61. The van der Waals surface area contributed by atoms with Crippen LogP contribution in [-0.2, 0) is 13.6 Å². The van der Waals surface area contributed by atoms with Crippen molar-refractivity contribution in [3.8, 4) is 5.69 Å². The van der Waals surface area contributed by atoms with Crippen molar-refractivity contribution in [1.82, 2.24) is 35.3 Å². The molecular formula is C16H19N7O. The van der Waals surface area contributed by atoms with Gasteiger partial charge in [-0.05, 0) is 43.3 Å². The minimum Gasteiger partial charge on any atom is -0.348 e. The Morgan fingerprint density at radius 2 is 1.96 bits per heavy atom. The van der Waals surface area contributed by atoms with Crippen molar-refractivity contribution in [2.24, 2.45) is 7.05 Å². The lowest BCUT2D eigenvalue weighted by Gasteiger charge is -2.10. The lowest BCUT2D eigenvalue weighted by atomic mass is 10.1. The first-order chi connectivity index (χ1) is 11.5. The third-order valence-electron chi connectivity index (χ3n) is 4.09. The van der Waals surface area contributed by atoms with Gasteiger partial charge in [-0.15, -0.1) is 5.10 Å². The van der Waals surface area contributed by atoms with E-state index < -0.39 is 0 Å². The Morgan fingerprint density at radius 3 is 2.58 bits per heavy atom. The number of hydrogen-bond donors (Lipinski definition) is 1. The average Bonchev–Trinajstić information content (AvgIpc) is 3.09. The first kappa shape index (κ1) is 15.9. The number of hydrogen-bond acceptors (Lipinski definition) is 5. The van der Waals surface area contributed by atoms with Gasteiger partial charge in [0.1, 0.15) is 0 Å². The summed E-state index contributed by atoms with van der Waals surface area (Å²) in [7, 11) is 1.89. The van der Waals surface area contributed by atoms with Gasteiger partial charge in [0.2, 0.25) is 0 Å². The van der Waals surface area contributed by atoms with Gasteiger partial charge in [-0.3, -0.25) is 9.48 Å². The Bertz CT molecular complexity index is 894. The van der Waals surface area contributed by atoms with Gasteiger partial charge in [0.05, 0.1) is 16.9 Å². The summed E-state index contributed by atoms with van der Waals surface area (Å²) in [6.45, 7) is 6.14. The van der Waals surface area contributed by atoms with Crippen molar-refractivity contribution in [3.05, 3.63) is 52.6 Å². The molecule has 0 saturated heterocycles. The summed E-state index contributed by atoms with van der Waals surface area (Å²) in [5, 5.41) is 18.8. The largest absolute Gasteiger partial charge is 0.348 e. The maximum atomic E-state index is 12.7.